The number of Topliss-reactive ketones (excluding diaryl/α,β-unsaturated/α-hetero) is 1. The molecule has 0 spiro atoms. The molecule has 0 aliphatic carbocycles. The number of aliphatic hydroxyl groups excluding tert-OH is 3. The van der Waals surface area contributed by atoms with E-state index in [1.807, 2.05) is 22.6 Å². The first-order chi connectivity index (χ1) is 15.2. The van der Waals surface area contributed by atoms with E-state index in [0.29, 0.717) is 17.6 Å². The van der Waals surface area contributed by atoms with Crippen molar-refractivity contribution in [1.29, 1.82) is 0 Å². The minimum Gasteiger partial charge on any atom is -0.394 e. The van der Waals surface area contributed by atoms with E-state index in [1.54, 1.807) is 12.1 Å². The highest BCUT2D eigenvalue weighted by molar-refractivity contribution is 14.1. The number of nitrogens with zero attached hydrogens (tertiary/aromatic N) is 2. The number of hydrogen-bond acceptors (Lipinski definition) is 10. The third-order valence-electron chi connectivity index (χ3n) is 4.85. The third kappa shape index (κ3) is 4.68. The number of ketones is 1. The van der Waals surface area contributed by atoms with Crippen molar-refractivity contribution < 1.29 is 38.7 Å². The Morgan fingerprint density at radius 3 is 2.41 bits per heavy atom. The van der Waals surface area contributed by atoms with Gasteiger partial charge in [0.25, 0.3) is 0 Å². The molecule has 13 heteroatoms. The summed E-state index contributed by atoms with van der Waals surface area (Å²) in [4.78, 5) is 28.8. The first-order valence-electron chi connectivity index (χ1n) is 9.38. The Labute approximate surface area is 194 Å². The highest BCUT2D eigenvalue weighted by atomic mass is 127. The van der Waals surface area contributed by atoms with E-state index >= 15 is 0 Å². The predicted octanol–water partition coefficient (Wildman–Crippen LogP) is -0.791. The summed E-state index contributed by atoms with van der Waals surface area (Å²) in [6, 6.07) is 6.06. The summed E-state index contributed by atoms with van der Waals surface area (Å²) in [5, 5.41) is 30.1. The van der Waals surface area contributed by atoms with Gasteiger partial charge in [0.2, 0.25) is 11.5 Å². The molecule has 0 saturated carbocycles. The van der Waals surface area contributed by atoms with Gasteiger partial charge in [-0.2, -0.15) is 4.98 Å². The minimum absolute atomic E-state index is 0.0318. The molecule has 0 bridgehead atoms. The van der Waals surface area contributed by atoms with E-state index in [9.17, 15) is 29.3 Å². The lowest BCUT2D eigenvalue weighted by Gasteiger charge is -2.32. The fraction of sp³-hybridized carbons (Fsp3) is 0.421. The number of carbonyl (C=O) groups is 1. The summed E-state index contributed by atoms with van der Waals surface area (Å²) in [5.74, 6) is -2.74. The lowest BCUT2D eigenvalue weighted by atomic mass is 9.93. The first-order valence-corrected chi connectivity index (χ1v) is 10.5. The maximum atomic E-state index is 14.0. The molecule has 3 heterocycles. The van der Waals surface area contributed by atoms with Gasteiger partial charge in [0.05, 0.1) is 26.0 Å². The van der Waals surface area contributed by atoms with E-state index in [-0.39, 0.29) is 5.56 Å². The summed E-state index contributed by atoms with van der Waals surface area (Å²) < 4.78 is 30.1. The van der Waals surface area contributed by atoms with Crippen LogP contribution in [0, 0.1) is 9.39 Å². The number of nitrogens with two attached hydrogens (primary N) is 1. The summed E-state index contributed by atoms with van der Waals surface area (Å²) >= 11 is 2.02. The van der Waals surface area contributed by atoms with Crippen LogP contribution in [0.5, 0.6) is 0 Å². The van der Waals surface area contributed by atoms with Crippen molar-refractivity contribution in [3.63, 3.8) is 0 Å². The third-order valence-corrected chi connectivity index (χ3v) is 5.57. The molecule has 5 N–H and O–H groups in total. The Hall–Kier alpha value is -2.01. The number of carbonyl (C=O) groups excluding carboxylic acids is 1. The Balaban J connectivity index is 0.000000509. The molecule has 4 rings (SSSR count). The Kier molecular flexibility index (Phi) is 7.92. The Morgan fingerprint density at radius 1 is 1.28 bits per heavy atom. The van der Waals surface area contributed by atoms with Crippen LogP contribution in [0.1, 0.15) is 10.4 Å². The molecule has 11 nitrogen and oxygen atoms in total. The largest absolute Gasteiger partial charge is 0.394 e. The molecule has 1 aromatic carbocycles. The number of aliphatic hydroxyl groups is 3. The fourth-order valence-corrected chi connectivity index (χ4v) is 3.59. The molecule has 2 aliphatic rings. The van der Waals surface area contributed by atoms with E-state index in [2.05, 4.69) is 4.98 Å². The molecule has 1 aromatic heterocycles. The van der Waals surface area contributed by atoms with E-state index in [1.165, 1.54) is 12.1 Å². The van der Waals surface area contributed by atoms with E-state index in [4.69, 9.17) is 19.9 Å². The van der Waals surface area contributed by atoms with Crippen LogP contribution in [0.25, 0.3) is 0 Å². The second-order valence-corrected chi connectivity index (χ2v) is 8.11. The van der Waals surface area contributed by atoms with Crippen molar-refractivity contribution in [3.05, 3.63) is 55.9 Å². The summed E-state index contributed by atoms with van der Waals surface area (Å²) in [7, 11) is 0. The standard InChI is InChI=1S/C16H15FIN3O6.C3H6O2/c17-9-5-21(15(26)20-14(9)19)16(13(25)11(23)10(6-22)27-16)12(24)7-1-3-8(18)4-2-7;1-2-5-3-4-1/h1-5,10-11,13,22-23,25H,6H2,(H2,19,20,26);1-3H2/t10-,11-,13-,16-;/m1./s1. The van der Waals surface area contributed by atoms with Crippen molar-refractivity contribution in [2.45, 2.75) is 24.0 Å². The van der Waals surface area contributed by atoms with Crippen LogP contribution < -0.4 is 11.4 Å². The second kappa shape index (κ2) is 10.3. The summed E-state index contributed by atoms with van der Waals surface area (Å²) in [6.45, 7) is 1.31. The van der Waals surface area contributed by atoms with Gasteiger partial charge in [0.1, 0.15) is 25.1 Å². The summed E-state index contributed by atoms with van der Waals surface area (Å²) in [6.07, 6.45) is -4.51. The minimum atomic E-state index is -2.53. The summed E-state index contributed by atoms with van der Waals surface area (Å²) in [5.41, 5.74) is 1.61. The van der Waals surface area contributed by atoms with E-state index < -0.39 is 53.8 Å². The fourth-order valence-electron chi connectivity index (χ4n) is 3.23. The zero-order valence-electron chi connectivity index (χ0n) is 16.6. The number of nitrogen functional groups attached to an aromatic ring is 1. The highest BCUT2D eigenvalue weighted by Gasteiger charge is 2.61. The zero-order valence-corrected chi connectivity index (χ0v) is 18.7. The lowest BCUT2D eigenvalue weighted by molar-refractivity contribution is -0.118. The maximum Gasteiger partial charge on any atom is 0.352 e. The molecular weight excluding hydrogens is 544 g/mol. The molecule has 0 amide bonds. The maximum absolute atomic E-state index is 14.0. The molecule has 2 fully saturated rings. The van der Waals surface area contributed by atoms with Gasteiger partial charge in [-0.3, -0.25) is 9.36 Å². The Morgan fingerprint density at radius 2 is 1.91 bits per heavy atom. The van der Waals surface area contributed by atoms with Crippen LogP contribution >= 0.6 is 22.6 Å². The predicted molar refractivity (Wildman–Crippen MR) is 115 cm³/mol. The zero-order chi connectivity index (χ0) is 23.5. The van der Waals surface area contributed by atoms with Crippen LogP contribution in [0.4, 0.5) is 10.2 Å². The van der Waals surface area contributed by atoms with Crippen LogP contribution in [0.2, 0.25) is 0 Å². The highest BCUT2D eigenvalue weighted by Crippen LogP contribution is 2.38. The topological polar surface area (TPSA) is 166 Å². The number of ether oxygens (including phenoxy) is 3. The molecule has 2 aliphatic heterocycles. The van der Waals surface area contributed by atoms with Gasteiger partial charge in [0.15, 0.2) is 11.6 Å². The monoisotopic (exact) mass is 565 g/mol. The van der Waals surface area contributed by atoms with Gasteiger partial charge < -0.3 is 35.3 Å². The molecular formula is C19H21FIN3O8. The quantitative estimate of drug-likeness (QED) is 0.273. The number of hydrogen-bond donors (Lipinski definition) is 4. The number of halogens is 2. The first kappa shape index (κ1) is 24.6. The van der Waals surface area contributed by atoms with Crippen molar-refractivity contribution >= 4 is 34.2 Å². The van der Waals surface area contributed by atoms with Crippen molar-refractivity contribution in [2.24, 2.45) is 0 Å². The van der Waals surface area contributed by atoms with Gasteiger partial charge in [-0.15, -0.1) is 0 Å². The van der Waals surface area contributed by atoms with Gasteiger partial charge >= 0.3 is 5.69 Å². The molecule has 4 atom stereocenters. The van der Waals surface area contributed by atoms with Gasteiger partial charge in [-0.05, 0) is 34.7 Å². The average molecular weight is 565 g/mol. The van der Waals surface area contributed by atoms with Crippen LogP contribution in [-0.2, 0) is 19.9 Å². The molecule has 0 radical (unpaired) electrons. The Bertz CT molecular complexity index is 1010. The van der Waals surface area contributed by atoms with Crippen LogP contribution in [0.15, 0.2) is 35.3 Å². The van der Waals surface area contributed by atoms with E-state index in [0.717, 1.165) is 16.8 Å². The SMILES string of the molecule is C1COCO1.Nc1nc(=O)n([C@]2(C(=O)c3ccc(I)cc3)O[C@H](CO)[C@@H](O)[C@H]2O)cc1F. The lowest BCUT2D eigenvalue weighted by Crippen LogP contribution is -2.56. The van der Waals surface area contributed by atoms with Crippen molar-refractivity contribution in [3.8, 4) is 0 Å². The van der Waals surface area contributed by atoms with Crippen molar-refractivity contribution in [2.75, 3.05) is 32.3 Å². The molecule has 2 saturated heterocycles. The van der Waals surface area contributed by atoms with Gasteiger partial charge in [0, 0.05) is 9.13 Å². The molecule has 2 aromatic rings. The van der Waals surface area contributed by atoms with Crippen LogP contribution in [-0.4, -0.2) is 75.6 Å². The number of anilines is 1. The average Bonchev–Trinajstić information content (AvgIpc) is 3.44. The second-order valence-electron chi connectivity index (χ2n) is 6.87. The van der Waals surface area contributed by atoms with Gasteiger partial charge in [-0.25, -0.2) is 9.18 Å². The number of rotatable bonds is 4. The molecule has 174 valence electrons. The van der Waals surface area contributed by atoms with Crippen LogP contribution in [0.3, 0.4) is 0 Å². The normalized spacial score (nSPS) is 27.1. The number of benzene rings is 1. The van der Waals surface area contributed by atoms with Crippen molar-refractivity contribution in [1.82, 2.24) is 9.55 Å². The smallest absolute Gasteiger partial charge is 0.352 e. The number of aromatic nitrogens is 2. The molecule has 0 unspecified atom stereocenters. The van der Waals surface area contributed by atoms with Gasteiger partial charge in [-0.1, -0.05) is 12.1 Å². The molecule has 32 heavy (non-hydrogen) atoms.